The van der Waals surface area contributed by atoms with Gasteiger partial charge in [-0.25, -0.2) is 0 Å². The predicted octanol–water partition coefficient (Wildman–Crippen LogP) is 1.31. The number of amides is 1. The minimum Gasteiger partial charge on any atom is -0.493 e. The van der Waals surface area contributed by atoms with E-state index in [4.69, 9.17) is 9.47 Å². The number of ether oxygens (including phenoxy) is 2. The zero-order valence-electron chi connectivity index (χ0n) is 16.7. The zero-order chi connectivity index (χ0) is 20.5. The first kappa shape index (κ1) is 20.2. The number of benzene rings is 1. The second kappa shape index (κ2) is 8.34. The van der Waals surface area contributed by atoms with Gasteiger partial charge in [-0.2, -0.15) is 0 Å². The summed E-state index contributed by atoms with van der Waals surface area (Å²) in [5, 5.41) is 29.5. The summed E-state index contributed by atoms with van der Waals surface area (Å²) < 4.78 is 11.7. The summed E-state index contributed by atoms with van der Waals surface area (Å²) in [6.07, 6.45) is 3.15. The number of carbonyl (C=O) groups excluding carboxylic acids is 1. The Balaban J connectivity index is 1.52. The highest BCUT2D eigenvalue weighted by Crippen LogP contribution is 2.36. The zero-order valence-corrected chi connectivity index (χ0v) is 16.7. The van der Waals surface area contributed by atoms with Gasteiger partial charge in [0.15, 0.2) is 11.5 Å². The number of aliphatic hydroxyl groups is 3. The maximum Gasteiger partial charge on any atom is 0.249 e. The predicted molar refractivity (Wildman–Crippen MR) is 106 cm³/mol. The minimum absolute atomic E-state index is 0.0407. The first-order chi connectivity index (χ1) is 14.0. The van der Waals surface area contributed by atoms with Crippen LogP contribution >= 0.6 is 0 Å². The fraction of sp³-hybridized carbons (Fsp3) is 0.591. The van der Waals surface area contributed by atoms with Crippen molar-refractivity contribution in [2.75, 3.05) is 13.7 Å². The normalized spacial score (nSPS) is 27.4. The standard InChI is InChI=1S/C22H29NO6/c1-28-19-10-13-6-7-23(22(27)14-8-17(24)21(26)18(25)9-14)12-15(13)11-20(19)29-16-4-2-3-5-16/h8,10-11,16-18,21,24-26H,2-7,9,12H2,1H3/t17-,18-,21-/m1/s1. The summed E-state index contributed by atoms with van der Waals surface area (Å²) in [5.41, 5.74) is 2.50. The number of rotatable bonds is 4. The second-order valence-electron chi connectivity index (χ2n) is 8.22. The maximum atomic E-state index is 12.9. The summed E-state index contributed by atoms with van der Waals surface area (Å²) in [4.78, 5) is 14.7. The number of fused-ring (bicyclic) bond motifs is 1. The second-order valence-corrected chi connectivity index (χ2v) is 8.22. The molecule has 0 saturated heterocycles. The first-order valence-electron chi connectivity index (χ1n) is 10.4. The van der Waals surface area contributed by atoms with Crippen molar-refractivity contribution in [1.82, 2.24) is 4.90 Å². The molecule has 3 aliphatic rings. The Hall–Kier alpha value is -2.09. The molecule has 0 aromatic heterocycles. The summed E-state index contributed by atoms with van der Waals surface area (Å²) in [7, 11) is 1.64. The Morgan fingerprint density at radius 3 is 2.52 bits per heavy atom. The molecule has 0 bridgehead atoms. The molecule has 1 aliphatic heterocycles. The van der Waals surface area contributed by atoms with Crippen molar-refractivity contribution in [2.45, 2.75) is 69.5 Å². The largest absolute Gasteiger partial charge is 0.493 e. The lowest BCUT2D eigenvalue weighted by atomic mass is 9.90. The van der Waals surface area contributed by atoms with E-state index in [0.717, 1.165) is 35.5 Å². The Morgan fingerprint density at radius 2 is 1.83 bits per heavy atom. The van der Waals surface area contributed by atoms with Crippen LogP contribution in [-0.2, 0) is 17.8 Å². The highest BCUT2D eigenvalue weighted by molar-refractivity contribution is 5.94. The van der Waals surface area contributed by atoms with E-state index < -0.39 is 18.3 Å². The minimum atomic E-state index is -1.25. The molecule has 7 nitrogen and oxygen atoms in total. The number of carbonyl (C=O) groups is 1. The van der Waals surface area contributed by atoms with Gasteiger partial charge >= 0.3 is 0 Å². The molecule has 1 heterocycles. The summed E-state index contributed by atoms with van der Waals surface area (Å²) in [6.45, 7) is 0.981. The molecule has 0 radical (unpaired) electrons. The molecule has 7 heteroatoms. The van der Waals surface area contributed by atoms with Gasteiger partial charge < -0.3 is 29.7 Å². The molecule has 1 amide bonds. The average molecular weight is 403 g/mol. The van der Waals surface area contributed by atoms with Crippen LogP contribution in [0.1, 0.15) is 43.2 Å². The Bertz CT molecular complexity index is 801. The fourth-order valence-electron chi connectivity index (χ4n) is 4.48. The quantitative estimate of drug-likeness (QED) is 0.701. The van der Waals surface area contributed by atoms with Crippen LogP contribution < -0.4 is 9.47 Å². The van der Waals surface area contributed by atoms with Crippen LogP contribution in [0.4, 0.5) is 0 Å². The molecular formula is C22H29NO6. The summed E-state index contributed by atoms with van der Waals surface area (Å²) in [5.74, 6) is 1.23. The molecule has 4 rings (SSSR count). The van der Waals surface area contributed by atoms with Crippen LogP contribution in [0.25, 0.3) is 0 Å². The van der Waals surface area contributed by atoms with Crippen molar-refractivity contribution in [3.8, 4) is 11.5 Å². The van der Waals surface area contributed by atoms with E-state index in [2.05, 4.69) is 0 Å². The van der Waals surface area contributed by atoms with Gasteiger partial charge in [0.2, 0.25) is 5.91 Å². The number of nitrogens with zero attached hydrogens (tertiary/aromatic N) is 1. The molecule has 1 aromatic carbocycles. The molecule has 3 atom stereocenters. The van der Waals surface area contributed by atoms with Crippen LogP contribution in [-0.4, -0.2) is 64.2 Å². The van der Waals surface area contributed by atoms with Crippen molar-refractivity contribution >= 4 is 5.91 Å². The van der Waals surface area contributed by atoms with Gasteiger partial charge in [-0.05, 0) is 61.4 Å². The van der Waals surface area contributed by atoms with Crippen molar-refractivity contribution in [1.29, 1.82) is 0 Å². The maximum absolute atomic E-state index is 12.9. The van der Waals surface area contributed by atoms with Crippen molar-refractivity contribution in [2.24, 2.45) is 0 Å². The topological polar surface area (TPSA) is 99.5 Å². The molecule has 158 valence electrons. The van der Waals surface area contributed by atoms with E-state index in [1.165, 1.54) is 18.9 Å². The average Bonchev–Trinajstić information content (AvgIpc) is 3.23. The fourth-order valence-corrected chi connectivity index (χ4v) is 4.48. The van der Waals surface area contributed by atoms with Gasteiger partial charge in [0.25, 0.3) is 0 Å². The highest BCUT2D eigenvalue weighted by Gasteiger charge is 2.34. The van der Waals surface area contributed by atoms with E-state index in [0.29, 0.717) is 25.1 Å². The first-order valence-corrected chi connectivity index (χ1v) is 10.4. The van der Waals surface area contributed by atoms with E-state index in [1.807, 2.05) is 12.1 Å². The Kier molecular flexibility index (Phi) is 5.81. The summed E-state index contributed by atoms with van der Waals surface area (Å²) >= 11 is 0. The van der Waals surface area contributed by atoms with Crippen LogP contribution in [0.5, 0.6) is 11.5 Å². The molecule has 1 aromatic rings. The number of aliphatic hydroxyl groups excluding tert-OH is 3. The van der Waals surface area contributed by atoms with Crippen LogP contribution in [0, 0.1) is 0 Å². The Labute approximate surface area is 170 Å². The number of hydrogen-bond donors (Lipinski definition) is 3. The van der Waals surface area contributed by atoms with Crippen LogP contribution in [0.3, 0.4) is 0 Å². The lowest BCUT2D eigenvalue weighted by Gasteiger charge is -2.33. The highest BCUT2D eigenvalue weighted by atomic mass is 16.5. The van der Waals surface area contributed by atoms with Crippen molar-refractivity contribution in [3.05, 3.63) is 34.9 Å². The van der Waals surface area contributed by atoms with Crippen molar-refractivity contribution in [3.63, 3.8) is 0 Å². The third-order valence-corrected chi connectivity index (χ3v) is 6.20. The van der Waals surface area contributed by atoms with Gasteiger partial charge in [0.05, 0.1) is 19.3 Å². The smallest absolute Gasteiger partial charge is 0.249 e. The lowest BCUT2D eigenvalue weighted by Crippen LogP contribution is -2.44. The van der Waals surface area contributed by atoms with Gasteiger partial charge in [-0.15, -0.1) is 0 Å². The van der Waals surface area contributed by atoms with E-state index in [-0.39, 0.29) is 18.4 Å². The van der Waals surface area contributed by atoms with Crippen LogP contribution in [0.15, 0.2) is 23.8 Å². The van der Waals surface area contributed by atoms with Gasteiger partial charge in [-0.3, -0.25) is 4.79 Å². The molecule has 29 heavy (non-hydrogen) atoms. The molecule has 0 spiro atoms. The lowest BCUT2D eigenvalue weighted by molar-refractivity contribution is -0.129. The summed E-state index contributed by atoms with van der Waals surface area (Å²) in [6, 6.07) is 3.99. The molecule has 2 aliphatic carbocycles. The SMILES string of the molecule is COc1cc2c(cc1OC1CCCC1)CN(C(=O)C1=C[C@@H](O)[C@@H](O)[C@H](O)C1)CC2. The van der Waals surface area contributed by atoms with Crippen LogP contribution in [0.2, 0.25) is 0 Å². The molecule has 0 unspecified atom stereocenters. The molecule has 1 saturated carbocycles. The third kappa shape index (κ3) is 4.13. The van der Waals surface area contributed by atoms with E-state index >= 15 is 0 Å². The molecule has 1 fully saturated rings. The van der Waals surface area contributed by atoms with Gasteiger partial charge in [-0.1, -0.05) is 0 Å². The monoisotopic (exact) mass is 403 g/mol. The third-order valence-electron chi connectivity index (χ3n) is 6.20. The number of methoxy groups -OCH3 is 1. The number of hydrogen-bond acceptors (Lipinski definition) is 6. The Morgan fingerprint density at radius 1 is 1.10 bits per heavy atom. The van der Waals surface area contributed by atoms with Gasteiger partial charge in [0, 0.05) is 25.1 Å². The molecular weight excluding hydrogens is 374 g/mol. The van der Waals surface area contributed by atoms with E-state index in [9.17, 15) is 20.1 Å². The molecule has 3 N–H and O–H groups in total. The van der Waals surface area contributed by atoms with Gasteiger partial charge in [0.1, 0.15) is 12.2 Å². The van der Waals surface area contributed by atoms with E-state index in [1.54, 1.807) is 12.0 Å². The van der Waals surface area contributed by atoms with Crippen molar-refractivity contribution < 1.29 is 29.6 Å².